The second-order valence-corrected chi connectivity index (χ2v) is 6.22. The number of benzene rings is 1. The van der Waals surface area contributed by atoms with Gasteiger partial charge < -0.3 is 10.2 Å². The minimum atomic E-state index is 0.0589. The fraction of sp³-hybridized carbons (Fsp3) is 0.353. The number of nitrogens with one attached hydrogen (secondary N) is 1. The Morgan fingerprint density at radius 2 is 2.26 bits per heavy atom. The first kappa shape index (κ1) is 15.7. The Morgan fingerprint density at radius 3 is 3.04 bits per heavy atom. The smallest absolute Gasteiger partial charge is 0.224 e. The lowest BCUT2D eigenvalue weighted by molar-refractivity contribution is -0.127. The highest BCUT2D eigenvalue weighted by Crippen LogP contribution is 2.17. The molecule has 3 rings (SSSR count). The van der Waals surface area contributed by atoms with E-state index in [0.29, 0.717) is 25.5 Å². The molecule has 2 aromatic rings. The van der Waals surface area contributed by atoms with Crippen LogP contribution in [0, 0.1) is 6.92 Å². The van der Waals surface area contributed by atoms with E-state index in [-0.39, 0.29) is 11.9 Å². The van der Waals surface area contributed by atoms with Gasteiger partial charge in [0.2, 0.25) is 11.9 Å². The van der Waals surface area contributed by atoms with E-state index in [9.17, 15) is 4.79 Å². The molecular formula is C17H19ClN4O. The van der Waals surface area contributed by atoms with Crippen molar-refractivity contribution in [3.8, 4) is 0 Å². The van der Waals surface area contributed by atoms with Crippen molar-refractivity contribution < 1.29 is 4.79 Å². The monoisotopic (exact) mass is 330 g/mol. The number of carbonyl (C=O) groups excluding carboxylic acids is 1. The van der Waals surface area contributed by atoms with Gasteiger partial charge in [-0.2, -0.15) is 0 Å². The van der Waals surface area contributed by atoms with E-state index in [2.05, 4.69) is 15.3 Å². The summed E-state index contributed by atoms with van der Waals surface area (Å²) in [5, 5.41) is 3.97. The third-order valence-corrected chi connectivity index (χ3v) is 4.14. The van der Waals surface area contributed by atoms with E-state index in [4.69, 9.17) is 11.6 Å². The van der Waals surface area contributed by atoms with Gasteiger partial charge in [0, 0.05) is 36.4 Å². The van der Waals surface area contributed by atoms with E-state index < -0.39 is 0 Å². The molecule has 0 aliphatic carbocycles. The second kappa shape index (κ2) is 6.96. The van der Waals surface area contributed by atoms with Gasteiger partial charge in [0.15, 0.2) is 0 Å². The van der Waals surface area contributed by atoms with Crippen molar-refractivity contribution in [1.82, 2.24) is 14.9 Å². The van der Waals surface area contributed by atoms with Gasteiger partial charge in [-0.3, -0.25) is 4.79 Å². The second-order valence-electron chi connectivity index (χ2n) is 5.79. The molecule has 2 heterocycles. The molecule has 0 saturated carbocycles. The number of nitrogens with zero attached hydrogens (tertiary/aromatic N) is 3. The van der Waals surface area contributed by atoms with Crippen molar-refractivity contribution in [2.24, 2.45) is 0 Å². The van der Waals surface area contributed by atoms with Crippen LogP contribution in [0.15, 0.2) is 36.5 Å². The molecule has 1 atom stereocenters. The molecule has 1 N–H and O–H groups in total. The third kappa shape index (κ3) is 4.20. The van der Waals surface area contributed by atoms with Gasteiger partial charge in [0.25, 0.3) is 0 Å². The summed E-state index contributed by atoms with van der Waals surface area (Å²) in [5.41, 5.74) is 2.05. The zero-order chi connectivity index (χ0) is 16.2. The van der Waals surface area contributed by atoms with Crippen molar-refractivity contribution in [3.05, 3.63) is 52.8 Å². The summed E-state index contributed by atoms with van der Waals surface area (Å²) in [7, 11) is 0. The zero-order valence-electron chi connectivity index (χ0n) is 13.0. The maximum atomic E-state index is 12.1. The van der Waals surface area contributed by atoms with Gasteiger partial charge in [-0.25, -0.2) is 9.97 Å². The molecule has 1 aliphatic rings. The number of rotatable bonds is 5. The number of anilines is 1. The highest BCUT2D eigenvalue weighted by Gasteiger charge is 2.29. The average Bonchev–Trinajstić information content (AvgIpc) is 2.85. The first-order valence-electron chi connectivity index (χ1n) is 7.68. The van der Waals surface area contributed by atoms with Crippen LogP contribution in [0.1, 0.15) is 17.7 Å². The lowest BCUT2D eigenvalue weighted by Gasteiger charge is -2.17. The molecule has 120 valence electrons. The van der Waals surface area contributed by atoms with Gasteiger partial charge in [-0.05, 0) is 37.1 Å². The molecule has 1 amide bonds. The third-order valence-electron chi connectivity index (χ3n) is 3.90. The molecule has 5 nitrogen and oxygen atoms in total. The molecule has 1 aromatic heterocycles. The normalized spacial score (nSPS) is 17.6. The average molecular weight is 331 g/mol. The summed E-state index contributed by atoms with van der Waals surface area (Å²) in [6, 6.07) is 9.67. The predicted molar refractivity (Wildman–Crippen MR) is 90.5 cm³/mol. The predicted octanol–water partition coefficient (Wildman–Crippen LogP) is 2.69. The van der Waals surface area contributed by atoms with Crippen LogP contribution in [0.3, 0.4) is 0 Å². The number of hydrogen-bond acceptors (Lipinski definition) is 4. The molecule has 6 heteroatoms. The lowest BCUT2D eigenvalue weighted by Crippen LogP contribution is -2.30. The minimum Gasteiger partial charge on any atom is -0.349 e. The summed E-state index contributed by atoms with van der Waals surface area (Å²) >= 11 is 5.99. The molecular weight excluding hydrogens is 312 g/mol. The molecule has 0 spiro atoms. The Kier molecular flexibility index (Phi) is 4.76. The van der Waals surface area contributed by atoms with Crippen molar-refractivity contribution in [3.63, 3.8) is 0 Å². The molecule has 23 heavy (non-hydrogen) atoms. The zero-order valence-corrected chi connectivity index (χ0v) is 13.8. The van der Waals surface area contributed by atoms with Crippen molar-refractivity contribution in [2.75, 3.05) is 18.4 Å². The summed E-state index contributed by atoms with van der Waals surface area (Å²) < 4.78 is 0. The number of hydrogen-bond donors (Lipinski definition) is 1. The van der Waals surface area contributed by atoms with Gasteiger partial charge >= 0.3 is 0 Å². The van der Waals surface area contributed by atoms with Crippen molar-refractivity contribution >= 4 is 23.5 Å². The van der Waals surface area contributed by atoms with Crippen molar-refractivity contribution in [1.29, 1.82) is 0 Å². The molecule has 0 unspecified atom stereocenters. The van der Waals surface area contributed by atoms with E-state index in [1.807, 2.05) is 42.2 Å². The van der Waals surface area contributed by atoms with Crippen LogP contribution >= 0.6 is 11.6 Å². The van der Waals surface area contributed by atoms with Crippen LogP contribution in [-0.4, -0.2) is 39.9 Å². The maximum absolute atomic E-state index is 12.1. The van der Waals surface area contributed by atoms with Crippen LogP contribution in [0.25, 0.3) is 0 Å². The van der Waals surface area contributed by atoms with Gasteiger partial charge in [-0.1, -0.05) is 23.7 Å². The Labute approximate surface area is 140 Å². The Bertz CT molecular complexity index is 706. The highest BCUT2D eigenvalue weighted by atomic mass is 35.5. The standard InChI is InChI=1S/C17H19ClN4O/c1-12-5-7-19-17(20-12)21-15-10-16(23)22(11-15)8-6-13-3-2-4-14(18)9-13/h2-5,7,9,15H,6,8,10-11H2,1H3,(H,19,20,21)/t15-/m1/s1. The van der Waals surface area contributed by atoms with Crippen LogP contribution < -0.4 is 5.32 Å². The summed E-state index contributed by atoms with van der Waals surface area (Å²) in [6.07, 6.45) is 3.01. The van der Waals surface area contributed by atoms with E-state index >= 15 is 0 Å². The molecule has 1 aliphatic heterocycles. The molecule has 1 saturated heterocycles. The quantitative estimate of drug-likeness (QED) is 0.915. The maximum Gasteiger partial charge on any atom is 0.224 e. The van der Waals surface area contributed by atoms with E-state index in [1.54, 1.807) is 6.20 Å². The summed E-state index contributed by atoms with van der Waals surface area (Å²) in [4.78, 5) is 22.5. The summed E-state index contributed by atoms with van der Waals surface area (Å²) in [5.74, 6) is 0.747. The van der Waals surface area contributed by atoms with Crippen LogP contribution in [0.4, 0.5) is 5.95 Å². The SMILES string of the molecule is Cc1ccnc(N[C@@H]2CC(=O)N(CCc3cccc(Cl)c3)C2)n1. The summed E-state index contributed by atoms with van der Waals surface area (Å²) in [6.45, 7) is 3.30. The van der Waals surface area contributed by atoms with Crippen LogP contribution in [0.2, 0.25) is 5.02 Å². The Balaban J connectivity index is 1.55. The molecule has 1 aromatic carbocycles. The number of aromatic nitrogens is 2. The molecule has 0 bridgehead atoms. The number of likely N-dealkylation sites (tertiary alicyclic amines) is 1. The van der Waals surface area contributed by atoms with Crippen LogP contribution in [0.5, 0.6) is 0 Å². The Hall–Kier alpha value is -2.14. The van der Waals surface area contributed by atoms with Gasteiger partial charge in [0.05, 0.1) is 6.04 Å². The highest BCUT2D eigenvalue weighted by molar-refractivity contribution is 6.30. The number of halogens is 1. The van der Waals surface area contributed by atoms with Crippen LogP contribution in [-0.2, 0) is 11.2 Å². The minimum absolute atomic E-state index is 0.0589. The first-order chi connectivity index (χ1) is 11.1. The van der Waals surface area contributed by atoms with E-state index in [1.165, 1.54) is 0 Å². The topological polar surface area (TPSA) is 58.1 Å². The lowest BCUT2D eigenvalue weighted by atomic mass is 10.1. The van der Waals surface area contributed by atoms with Crippen molar-refractivity contribution in [2.45, 2.75) is 25.8 Å². The van der Waals surface area contributed by atoms with Gasteiger partial charge in [0.1, 0.15) is 0 Å². The molecule has 1 fully saturated rings. The fourth-order valence-corrected chi connectivity index (χ4v) is 2.96. The first-order valence-corrected chi connectivity index (χ1v) is 8.06. The number of amides is 1. The number of aryl methyl sites for hydroxylation is 1. The largest absolute Gasteiger partial charge is 0.349 e. The fourth-order valence-electron chi connectivity index (χ4n) is 2.74. The Morgan fingerprint density at radius 1 is 1.39 bits per heavy atom. The number of carbonyl (C=O) groups is 1. The van der Waals surface area contributed by atoms with E-state index in [0.717, 1.165) is 22.7 Å². The molecule has 0 radical (unpaired) electrons. The van der Waals surface area contributed by atoms with Gasteiger partial charge in [-0.15, -0.1) is 0 Å².